The van der Waals surface area contributed by atoms with Crippen LogP contribution in [-0.4, -0.2) is 24.3 Å². The number of aliphatic hydroxyl groups excluding tert-OH is 1. The molecule has 1 N–H and O–H groups in total. The first kappa shape index (κ1) is 14.0. The molecular weight excluding hydrogens is 216 g/mol. The van der Waals surface area contributed by atoms with Crippen LogP contribution >= 0.6 is 0 Å². The molecular formula is C14H22O3. The number of esters is 1. The Balaban J connectivity index is 2.16. The van der Waals surface area contributed by atoms with Crippen LogP contribution in [0.25, 0.3) is 0 Å². The van der Waals surface area contributed by atoms with Crippen LogP contribution in [0.4, 0.5) is 0 Å². The topological polar surface area (TPSA) is 46.5 Å². The molecule has 0 aromatic rings. The van der Waals surface area contributed by atoms with Gasteiger partial charge in [-0.1, -0.05) is 12.2 Å². The molecule has 0 amide bonds. The number of aliphatic hydroxyl groups is 1. The summed E-state index contributed by atoms with van der Waals surface area (Å²) in [6, 6.07) is 0. The average molecular weight is 238 g/mol. The maximum atomic E-state index is 10.8. The summed E-state index contributed by atoms with van der Waals surface area (Å²) in [6.07, 6.45) is 10.2. The van der Waals surface area contributed by atoms with Crippen LogP contribution in [0.5, 0.6) is 0 Å². The molecule has 0 heterocycles. The van der Waals surface area contributed by atoms with E-state index in [0.29, 0.717) is 5.92 Å². The lowest BCUT2D eigenvalue weighted by molar-refractivity contribution is -0.134. The van der Waals surface area contributed by atoms with E-state index >= 15 is 0 Å². The second-order valence-corrected chi connectivity index (χ2v) is 4.66. The molecule has 0 aliphatic heterocycles. The van der Waals surface area contributed by atoms with Crippen LogP contribution in [0.15, 0.2) is 23.8 Å². The Hall–Kier alpha value is -1.09. The number of carbonyl (C=O) groups excluding carboxylic acids is 1. The average Bonchev–Trinajstić information content (AvgIpc) is 2.33. The highest BCUT2D eigenvalue weighted by molar-refractivity contribution is 5.81. The van der Waals surface area contributed by atoms with Gasteiger partial charge >= 0.3 is 5.97 Å². The summed E-state index contributed by atoms with van der Waals surface area (Å²) in [6.45, 7) is 1.99. The minimum absolute atomic E-state index is 0.251. The standard InChI is InChI=1S/C14H22O3/c1-11-8-9-12(10-13(11)15)6-4-3-5-7-14(16)17-2/h5,7-8,12-13,15H,3-4,6,9-10H2,1-2H3/b7-5-. The summed E-state index contributed by atoms with van der Waals surface area (Å²) >= 11 is 0. The number of ether oxygens (including phenoxy) is 1. The molecule has 1 aliphatic carbocycles. The fraction of sp³-hybridized carbons (Fsp3) is 0.643. The van der Waals surface area contributed by atoms with Gasteiger partial charge in [0.15, 0.2) is 0 Å². The van der Waals surface area contributed by atoms with Crippen molar-refractivity contribution in [1.29, 1.82) is 0 Å². The maximum Gasteiger partial charge on any atom is 0.330 e. The number of methoxy groups -OCH3 is 1. The van der Waals surface area contributed by atoms with Crippen molar-refractivity contribution in [2.45, 2.75) is 45.1 Å². The fourth-order valence-corrected chi connectivity index (χ4v) is 2.09. The molecule has 17 heavy (non-hydrogen) atoms. The first-order valence-corrected chi connectivity index (χ1v) is 6.22. The Morgan fingerprint density at radius 1 is 1.65 bits per heavy atom. The minimum Gasteiger partial charge on any atom is -0.466 e. The van der Waals surface area contributed by atoms with Crippen LogP contribution in [0.3, 0.4) is 0 Å². The Morgan fingerprint density at radius 2 is 2.41 bits per heavy atom. The third kappa shape index (κ3) is 5.18. The van der Waals surface area contributed by atoms with E-state index in [1.807, 2.05) is 13.0 Å². The van der Waals surface area contributed by atoms with E-state index in [9.17, 15) is 9.90 Å². The van der Waals surface area contributed by atoms with Crippen molar-refractivity contribution < 1.29 is 14.6 Å². The van der Waals surface area contributed by atoms with E-state index in [0.717, 1.165) is 37.7 Å². The smallest absolute Gasteiger partial charge is 0.330 e. The zero-order valence-electron chi connectivity index (χ0n) is 10.7. The SMILES string of the molecule is COC(=O)/C=C\CCCC1CC=C(C)C(O)C1. The first-order valence-electron chi connectivity index (χ1n) is 6.22. The van der Waals surface area contributed by atoms with Gasteiger partial charge in [-0.3, -0.25) is 0 Å². The van der Waals surface area contributed by atoms with Crippen LogP contribution < -0.4 is 0 Å². The van der Waals surface area contributed by atoms with E-state index < -0.39 is 0 Å². The molecule has 0 saturated carbocycles. The number of hydrogen-bond acceptors (Lipinski definition) is 3. The van der Waals surface area contributed by atoms with Gasteiger partial charge in [0.05, 0.1) is 13.2 Å². The highest BCUT2D eigenvalue weighted by Gasteiger charge is 2.19. The minimum atomic E-state index is -0.295. The predicted octanol–water partition coefficient (Wildman–Crippen LogP) is 2.60. The summed E-state index contributed by atoms with van der Waals surface area (Å²) in [5.74, 6) is 0.289. The Labute approximate surface area is 103 Å². The monoisotopic (exact) mass is 238 g/mol. The highest BCUT2D eigenvalue weighted by Crippen LogP contribution is 2.27. The molecule has 2 atom stereocenters. The number of carbonyl (C=O) groups is 1. The quantitative estimate of drug-likeness (QED) is 0.346. The maximum absolute atomic E-state index is 10.8. The van der Waals surface area contributed by atoms with Crippen molar-refractivity contribution in [3.63, 3.8) is 0 Å². The molecule has 0 fully saturated rings. The van der Waals surface area contributed by atoms with E-state index in [-0.39, 0.29) is 12.1 Å². The van der Waals surface area contributed by atoms with Crippen LogP contribution in [0, 0.1) is 5.92 Å². The molecule has 0 spiro atoms. The Morgan fingerprint density at radius 3 is 3.06 bits per heavy atom. The van der Waals surface area contributed by atoms with Gasteiger partial charge in [-0.15, -0.1) is 0 Å². The largest absolute Gasteiger partial charge is 0.466 e. The molecule has 3 nitrogen and oxygen atoms in total. The van der Waals surface area contributed by atoms with Gasteiger partial charge in [0.2, 0.25) is 0 Å². The molecule has 3 heteroatoms. The molecule has 1 aliphatic rings. The molecule has 0 bridgehead atoms. The number of hydrogen-bond donors (Lipinski definition) is 1. The molecule has 0 aromatic carbocycles. The van der Waals surface area contributed by atoms with E-state index in [2.05, 4.69) is 10.8 Å². The van der Waals surface area contributed by atoms with Gasteiger partial charge in [-0.2, -0.15) is 0 Å². The Kier molecular flexibility index (Phi) is 5.98. The van der Waals surface area contributed by atoms with Crippen LogP contribution in [0.2, 0.25) is 0 Å². The normalized spacial score (nSPS) is 24.8. The second kappa shape index (κ2) is 7.28. The second-order valence-electron chi connectivity index (χ2n) is 4.66. The van der Waals surface area contributed by atoms with E-state index in [1.165, 1.54) is 13.2 Å². The zero-order chi connectivity index (χ0) is 12.7. The van der Waals surface area contributed by atoms with Crippen LogP contribution in [0.1, 0.15) is 39.0 Å². The van der Waals surface area contributed by atoms with Gasteiger partial charge in [-0.25, -0.2) is 4.79 Å². The van der Waals surface area contributed by atoms with Gasteiger partial charge in [0.25, 0.3) is 0 Å². The lowest BCUT2D eigenvalue weighted by Gasteiger charge is -2.24. The highest BCUT2D eigenvalue weighted by atomic mass is 16.5. The lowest BCUT2D eigenvalue weighted by Crippen LogP contribution is -2.19. The summed E-state index contributed by atoms with van der Waals surface area (Å²) in [4.78, 5) is 10.8. The number of unbranched alkanes of at least 4 members (excludes halogenated alkanes) is 1. The fourth-order valence-electron chi connectivity index (χ4n) is 2.09. The first-order chi connectivity index (χ1) is 8.13. The van der Waals surface area contributed by atoms with Crippen molar-refractivity contribution in [1.82, 2.24) is 0 Å². The summed E-state index contributed by atoms with van der Waals surface area (Å²) < 4.78 is 4.51. The molecule has 0 saturated heterocycles. The predicted molar refractivity (Wildman–Crippen MR) is 67.5 cm³/mol. The van der Waals surface area contributed by atoms with Gasteiger partial charge < -0.3 is 9.84 Å². The Bertz CT molecular complexity index is 305. The van der Waals surface area contributed by atoms with E-state index in [1.54, 1.807) is 0 Å². The van der Waals surface area contributed by atoms with Crippen molar-refractivity contribution in [2.24, 2.45) is 5.92 Å². The molecule has 1 rings (SSSR count). The summed E-state index contributed by atoms with van der Waals surface area (Å²) in [7, 11) is 1.38. The van der Waals surface area contributed by atoms with Gasteiger partial charge in [0, 0.05) is 6.08 Å². The molecule has 96 valence electrons. The molecule has 0 aromatic heterocycles. The zero-order valence-corrected chi connectivity index (χ0v) is 10.7. The van der Waals surface area contributed by atoms with Crippen molar-refractivity contribution in [3.05, 3.63) is 23.8 Å². The van der Waals surface area contributed by atoms with E-state index in [4.69, 9.17) is 0 Å². The molecule has 0 radical (unpaired) electrons. The van der Waals surface area contributed by atoms with Crippen molar-refractivity contribution >= 4 is 5.97 Å². The third-order valence-corrected chi connectivity index (χ3v) is 3.29. The van der Waals surface area contributed by atoms with Crippen LogP contribution in [-0.2, 0) is 9.53 Å². The van der Waals surface area contributed by atoms with Gasteiger partial charge in [-0.05, 0) is 50.5 Å². The number of allylic oxidation sites excluding steroid dienone is 2. The van der Waals surface area contributed by atoms with Gasteiger partial charge in [0.1, 0.15) is 0 Å². The molecule has 2 unspecified atom stereocenters. The third-order valence-electron chi connectivity index (χ3n) is 3.29. The lowest BCUT2D eigenvalue weighted by atomic mass is 9.85. The summed E-state index contributed by atoms with van der Waals surface area (Å²) in [5, 5.41) is 9.71. The summed E-state index contributed by atoms with van der Waals surface area (Å²) in [5.41, 5.74) is 1.10. The van der Waals surface area contributed by atoms with Crippen molar-refractivity contribution in [2.75, 3.05) is 7.11 Å². The number of rotatable bonds is 5. The van der Waals surface area contributed by atoms with Crippen molar-refractivity contribution in [3.8, 4) is 0 Å².